The Morgan fingerprint density at radius 1 is 1.30 bits per heavy atom. The summed E-state index contributed by atoms with van der Waals surface area (Å²) in [5, 5.41) is 29.1. The van der Waals surface area contributed by atoms with Gasteiger partial charge in [0.2, 0.25) is 11.7 Å². The quantitative estimate of drug-likeness (QED) is 0.139. The summed E-state index contributed by atoms with van der Waals surface area (Å²) in [4.78, 5) is 49.8. The molecule has 15 nitrogen and oxygen atoms in total. The number of hydrogen-bond acceptors (Lipinski definition) is 11. The van der Waals surface area contributed by atoms with Crippen molar-refractivity contribution in [3.63, 3.8) is 0 Å². The molecule has 1 unspecified atom stereocenters. The number of hydrogen-bond donors (Lipinski definition) is 7. The fourth-order valence-electron chi connectivity index (χ4n) is 6.54. The molecule has 1 aromatic carbocycles. The molecule has 15 heteroatoms. The van der Waals surface area contributed by atoms with Gasteiger partial charge < -0.3 is 30.9 Å². The second-order valence-electron chi connectivity index (χ2n) is 11.7. The van der Waals surface area contributed by atoms with Crippen molar-refractivity contribution < 1.29 is 34.3 Å². The number of urea groups is 1. The Hall–Kier alpha value is -4.11. The molecular formula is C25H34N9O6+. The topological polar surface area (TPSA) is 213 Å². The molecule has 6 rings (SSSR count). The Morgan fingerprint density at radius 2 is 2.05 bits per heavy atom. The number of nitrogens with one attached hydrogen (secondary N) is 3. The monoisotopic (exact) mass is 556 g/mol. The summed E-state index contributed by atoms with van der Waals surface area (Å²) in [6.45, 7) is 4.25. The molecule has 40 heavy (non-hydrogen) atoms. The number of carbonyl (C=O) groups excluding carboxylic acids is 3. The van der Waals surface area contributed by atoms with Gasteiger partial charge in [0.05, 0.1) is 25.3 Å². The van der Waals surface area contributed by atoms with E-state index < -0.39 is 47.4 Å². The minimum Gasteiger partial charge on any atom is -0.492 e. The number of rotatable bonds is 4. The van der Waals surface area contributed by atoms with E-state index >= 15 is 0 Å². The molecule has 4 amide bonds. The fraction of sp³-hybridized carbons (Fsp3) is 0.560. The number of benzene rings is 1. The molecule has 0 saturated carbocycles. The zero-order chi connectivity index (χ0) is 28.8. The highest BCUT2D eigenvalue weighted by Crippen LogP contribution is 2.43. The molecule has 0 aromatic heterocycles. The van der Waals surface area contributed by atoms with E-state index in [0.29, 0.717) is 12.4 Å². The van der Waals surface area contributed by atoms with Gasteiger partial charge in [-0.2, -0.15) is 0 Å². The highest BCUT2D eigenvalue weighted by Gasteiger charge is 2.76. The molecule has 5 aliphatic rings. The van der Waals surface area contributed by atoms with Gasteiger partial charge in [-0.1, -0.05) is 26.0 Å². The van der Waals surface area contributed by atoms with Crippen LogP contribution in [0.3, 0.4) is 0 Å². The van der Waals surface area contributed by atoms with Crippen molar-refractivity contribution >= 4 is 29.8 Å². The molecule has 2 fully saturated rings. The first-order valence-electron chi connectivity index (χ1n) is 13.1. The van der Waals surface area contributed by atoms with Crippen molar-refractivity contribution in [2.75, 3.05) is 33.3 Å². The standard InChI is InChI=1S/C25H33N9O6/c1-23(2)7-8-40-17-12(5-4-6-13(17)23)19(36)29-15-10-34-21(27)28-14(9-33-16(35)11-32(3)22(33)37)18-24(34,25(15,38)39)31-20(26)30-18/h4-6,14-15,18,38-39H,7-11H2,1-3H3,(H2,27,28)(H,29,36)(H3,26,30,31)/p+1/t14-,15?,18-,24-/m0/s1. The average molecular weight is 557 g/mol. The summed E-state index contributed by atoms with van der Waals surface area (Å²) in [7, 11) is 1.51. The van der Waals surface area contributed by atoms with Crippen molar-refractivity contribution in [2.24, 2.45) is 16.5 Å². The van der Waals surface area contributed by atoms with Crippen molar-refractivity contribution in [3.05, 3.63) is 29.3 Å². The minimum absolute atomic E-state index is 0.0216. The third kappa shape index (κ3) is 3.46. The molecule has 1 aromatic rings. The lowest BCUT2D eigenvalue weighted by molar-refractivity contribution is -0.521. The van der Waals surface area contributed by atoms with Crippen LogP contribution in [0.5, 0.6) is 5.75 Å². The molecule has 0 radical (unpaired) electrons. The van der Waals surface area contributed by atoms with Gasteiger partial charge in [-0.3, -0.25) is 30.1 Å². The summed E-state index contributed by atoms with van der Waals surface area (Å²) in [6, 6.07) is 1.77. The summed E-state index contributed by atoms with van der Waals surface area (Å²) in [6.07, 6.45) is 0.796. The van der Waals surface area contributed by atoms with Gasteiger partial charge in [0.1, 0.15) is 24.4 Å². The van der Waals surface area contributed by atoms with Crippen LogP contribution in [0.1, 0.15) is 36.2 Å². The van der Waals surface area contributed by atoms with Crippen LogP contribution >= 0.6 is 0 Å². The number of amides is 4. The fourth-order valence-corrected chi connectivity index (χ4v) is 6.54. The Kier molecular flexibility index (Phi) is 5.52. The first kappa shape index (κ1) is 26.1. The van der Waals surface area contributed by atoms with E-state index in [1.165, 1.54) is 16.8 Å². The lowest BCUT2D eigenvalue weighted by Crippen LogP contribution is -2.90. The van der Waals surface area contributed by atoms with Gasteiger partial charge in [-0.05, 0) is 17.9 Å². The van der Waals surface area contributed by atoms with Crippen molar-refractivity contribution in [1.29, 1.82) is 0 Å². The van der Waals surface area contributed by atoms with Crippen LogP contribution in [0, 0.1) is 0 Å². The Morgan fingerprint density at radius 3 is 2.75 bits per heavy atom. The number of aliphatic hydroxyl groups is 2. The number of aliphatic imine (C=N–C) groups is 1. The van der Waals surface area contributed by atoms with E-state index in [9.17, 15) is 24.6 Å². The third-order valence-corrected chi connectivity index (χ3v) is 8.75. The first-order valence-corrected chi connectivity index (χ1v) is 13.1. The van der Waals surface area contributed by atoms with Crippen LogP contribution in [-0.2, 0) is 10.2 Å². The van der Waals surface area contributed by atoms with Crippen molar-refractivity contribution in [1.82, 2.24) is 25.3 Å². The predicted molar refractivity (Wildman–Crippen MR) is 140 cm³/mol. The van der Waals surface area contributed by atoms with Crippen LogP contribution in [0.25, 0.3) is 0 Å². The van der Waals surface area contributed by atoms with Crippen LogP contribution in [0.2, 0.25) is 0 Å². The smallest absolute Gasteiger partial charge is 0.343 e. The number of guanidine groups is 2. The number of nitrogens with zero attached hydrogens (tertiary/aromatic N) is 4. The van der Waals surface area contributed by atoms with Crippen LogP contribution < -0.4 is 31.8 Å². The summed E-state index contributed by atoms with van der Waals surface area (Å²) in [5.41, 5.74) is 11.6. The van der Waals surface area contributed by atoms with E-state index in [4.69, 9.17) is 16.2 Å². The second-order valence-corrected chi connectivity index (χ2v) is 11.7. The lowest BCUT2D eigenvalue weighted by Gasteiger charge is -2.46. The van der Waals surface area contributed by atoms with E-state index in [0.717, 1.165) is 16.9 Å². The number of ether oxygens (including phenoxy) is 1. The van der Waals surface area contributed by atoms with Crippen LogP contribution in [-0.4, -0.2) is 118 Å². The van der Waals surface area contributed by atoms with Gasteiger partial charge in [-0.25, -0.2) is 15.1 Å². The highest BCUT2D eigenvalue weighted by atomic mass is 16.5. The molecule has 0 bridgehead atoms. The largest absolute Gasteiger partial charge is 0.492 e. The third-order valence-electron chi connectivity index (χ3n) is 8.75. The van der Waals surface area contributed by atoms with E-state index in [2.05, 4.69) is 34.5 Å². The second kappa shape index (κ2) is 8.44. The van der Waals surface area contributed by atoms with Crippen LogP contribution in [0.15, 0.2) is 23.2 Å². The maximum Gasteiger partial charge on any atom is 0.343 e. The number of likely N-dealkylation sites (N-methyl/N-ethyl adjacent to an activating group) is 1. The first-order chi connectivity index (χ1) is 18.8. The molecule has 4 atom stereocenters. The molecule has 1 spiro atoms. The number of para-hydroxylation sites is 1. The number of fused-ring (bicyclic) bond motifs is 1. The van der Waals surface area contributed by atoms with Gasteiger partial charge in [0.15, 0.2) is 12.0 Å². The van der Waals surface area contributed by atoms with Gasteiger partial charge >= 0.3 is 12.0 Å². The Labute approximate surface area is 229 Å². The molecule has 5 aliphatic heterocycles. The average Bonchev–Trinajstić information content (AvgIpc) is 3.44. The summed E-state index contributed by atoms with van der Waals surface area (Å²) < 4.78 is 5.88. The normalized spacial score (nSPS) is 31.5. The number of carbonyl (C=O) groups is 3. The molecule has 0 aliphatic carbocycles. The zero-order valence-corrected chi connectivity index (χ0v) is 22.5. The predicted octanol–water partition coefficient (Wildman–Crippen LogP) is -4.50. The summed E-state index contributed by atoms with van der Waals surface area (Å²) >= 11 is 0. The maximum atomic E-state index is 13.6. The maximum absolute atomic E-state index is 13.6. The van der Waals surface area contributed by atoms with E-state index in [-0.39, 0.29) is 42.5 Å². The van der Waals surface area contributed by atoms with Gasteiger partial charge in [0, 0.05) is 12.6 Å². The molecule has 9 N–H and O–H groups in total. The highest BCUT2D eigenvalue weighted by molar-refractivity contribution is 6.02. The zero-order valence-electron chi connectivity index (χ0n) is 22.5. The Balaban J connectivity index is 1.31. The van der Waals surface area contributed by atoms with E-state index in [1.54, 1.807) is 12.1 Å². The molecule has 2 saturated heterocycles. The SMILES string of the molecule is CN1CC(=O)N(C[C@@H]2N=C(N)N3CC(NC(=O)c4cccc5c4OCCC5(C)C)C(O)(O)[C@@]34NC(N)=[NH+][C@@H]24)C1=O. The molecular weight excluding hydrogens is 522 g/mol. The van der Waals surface area contributed by atoms with Crippen LogP contribution in [0.4, 0.5) is 4.79 Å². The van der Waals surface area contributed by atoms with Crippen molar-refractivity contribution in [3.8, 4) is 5.75 Å². The van der Waals surface area contributed by atoms with Crippen molar-refractivity contribution in [2.45, 2.75) is 55.3 Å². The van der Waals surface area contributed by atoms with Gasteiger partial charge in [0.25, 0.3) is 11.6 Å². The number of nitrogens with two attached hydrogens (primary N) is 2. The summed E-state index contributed by atoms with van der Waals surface area (Å²) in [5.74, 6) is -3.17. The number of imide groups is 1. The van der Waals surface area contributed by atoms with Gasteiger partial charge in [-0.15, -0.1) is 0 Å². The molecule has 5 heterocycles. The lowest BCUT2D eigenvalue weighted by atomic mass is 9.79. The van der Waals surface area contributed by atoms with E-state index in [1.807, 2.05) is 6.07 Å². The Bertz CT molecular complexity index is 1380. The minimum atomic E-state index is -2.63. The molecule has 214 valence electrons.